The molecule has 0 aliphatic carbocycles. The first-order chi connectivity index (χ1) is 14.9. The van der Waals surface area contributed by atoms with Gasteiger partial charge in [-0.05, 0) is 66.8 Å². The standard InChI is InChI=1S/C28H27N3/c1-17-15-19(11-13-24(17)29)28(3,20-12-14-25(30)18(2)16-20)23-9-6-8-22-21-7-4-5-10-26(21)31-27(22)23/h4-16,31H,29-30H2,1-3H3. The van der Waals surface area contributed by atoms with Gasteiger partial charge in [-0.25, -0.2) is 0 Å². The van der Waals surface area contributed by atoms with Crippen molar-refractivity contribution in [3.05, 3.63) is 107 Å². The van der Waals surface area contributed by atoms with Crippen molar-refractivity contribution >= 4 is 33.2 Å². The molecule has 5 rings (SSSR count). The van der Waals surface area contributed by atoms with Crippen molar-refractivity contribution in [1.29, 1.82) is 0 Å². The molecule has 0 aliphatic rings. The third-order valence-electron chi connectivity index (χ3n) is 6.77. The average Bonchev–Trinajstić information content (AvgIpc) is 3.16. The number of nitrogens with one attached hydrogen (secondary N) is 1. The predicted molar refractivity (Wildman–Crippen MR) is 133 cm³/mol. The van der Waals surface area contributed by atoms with Gasteiger partial charge in [0.2, 0.25) is 0 Å². The zero-order valence-corrected chi connectivity index (χ0v) is 18.2. The summed E-state index contributed by atoms with van der Waals surface area (Å²) in [6.45, 7) is 6.43. The number of benzene rings is 4. The van der Waals surface area contributed by atoms with Gasteiger partial charge in [-0.1, -0.05) is 60.7 Å². The number of nitrogens with two attached hydrogens (primary N) is 2. The Kier molecular flexibility index (Phi) is 4.30. The maximum atomic E-state index is 6.17. The molecule has 0 saturated heterocycles. The molecule has 0 radical (unpaired) electrons. The Morgan fingerprint density at radius 3 is 1.87 bits per heavy atom. The molecular formula is C28H27N3. The second-order valence-corrected chi connectivity index (χ2v) is 8.67. The van der Waals surface area contributed by atoms with E-state index in [4.69, 9.17) is 11.5 Å². The largest absolute Gasteiger partial charge is 0.399 e. The summed E-state index contributed by atoms with van der Waals surface area (Å²) in [5, 5.41) is 2.47. The van der Waals surface area contributed by atoms with Crippen LogP contribution in [0.4, 0.5) is 11.4 Å². The Morgan fingerprint density at radius 1 is 0.677 bits per heavy atom. The highest BCUT2D eigenvalue weighted by Gasteiger charge is 2.34. The van der Waals surface area contributed by atoms with Crippen molar-refractivity contribution < 1.29 is 0 Å². The fourth-order valence-electron chi connectivity index (χ4n) is 4.74. The molecule has 154 valence electrons. The molecule has 0 amide bonds. The van der Waals surface area contributed by atoms with E-state index >= 15 is 0 Å². The van der Waals surface area contributed by atoms with Gasteiger partial charge < -0.3 is 16.5 Å². The summed E-state index contributed by atoms with van der Waals surface area (Å²) < 4.78 is 0. The second kappa shape index (κ2) is 6.92. The van der Waals surface area contributed by atoms with Gasteiger partial charge >= 0.3 is 0 Å². The van der Waals surface area contributed by atoms with Crippen LogP contribution in [0.15, 0.2) is 78.9 Å². The van der Waals surface area contributed by atoms with E-state index in [2.05, 4.69) is 92.5 Å². The quantitative estimate of drug-likeness (QED) is 0.238. The molecule has 1 aromatic heterocycles. The van der Waals surface area contributed by atoms with E-state index in [-0.39, 0.29) is 0 Å². The number of anilines is 2. The Balaban J connectivity index is 1.88. The van der Waals surface area contributed by atoms with Gasteiger partial charge in [-0.3, -0.25) is 0 Å². The number of aromatic nitrogens is 1. The summed E-state index contributed by atoms with van der Waals surface area (Å²) >= 11 is 0. The first kappa shape index (κ1) is 19.3. The van der Waals surface area contributed by atoms with Crippen LogP contribution in [0.1, 0.15) is 34.7 Å². The third-order valence-corrected chi connectivity index (χ3v) is 6.77. The monoisotopic (exact) mass is 405 g/mol. The summed E-state index contributed by atoms with van der Waals surface area (Å²) in [4.78, 5) is 3.69. The minimum Gasteiger partial charge on any atom is -0.399 e. The Bertz CT molecular complexity index is 1390. The molecule has 5 N–H and O–H groups in total. The van der Waals surface area contributed by atoms with Crippen LogP contribution in [-0.2, 0) is 5.41 Å². The summed E-state index contributed by atoms with van der Waals surface area (Å²) in [6, 6.07) is 27.8. The molecule has 0 saturated carbocycles. The van der Waals surface area contributed by atoms with Gasteiger partial charge in [-0.15, -0.1) is 0 Å². The molecule has 1 heterocycles. The lowest BCUT2D eigenvalue weighted by molar-refractivity contribution is 0.696. The van der Waals surface area contributed by atoms with E-state index in [1.54, 1.807) is 0 Å². The number of rotatable bonds is 3. The van der Waals surface area contributed by atoms with E-state index < -0.39 is 5.41 Å². The number of para-hydroxylation sites is 2. The highest BCUT2D eigenvalue weighted by molar-refractivity contribution is 6.08. The SMILES string of the molecule is Cc1cc(C(C)(c2ccc(N)c(C)c2)c2cccc3c2[nH]c2ccccc23)ccc1N. The van der Waals surface area contributed by atoms with Crippen LogP contribution in [0, 0.1) is 13.8 Å². The Labute approximate surface area is 182 Å². The van der Waals surface area contributed by atoms with Crippen LogP contribution in [0.3, 0.4) is 0 Å². The number of aromatic amines is 1. The van der Waals surface area contributed by atoms with Crippen LogP contribution in [0.2, 0.25) is 0 Å². The van der Waals surface area contributed by atoms with Gasteiger partial charge in [0.1, 0.15) is 0 Å². The maximum absolute atomic E-state index is 6.17. The smallest absolute Gasteiger partial charge is 0.0509 e. The summed E-state index contributed by atoms with van der Waals surface area (Å²) in [5.41, 5.74) is 21.7. The van der Waals surface area contributed by atoms with Crippen molar-refractivity contribution in [2.75, 3.05) is 11.5 Å². The number of aryl methyl sites for hydroxylation is 2. The highest BCUT2D eigenvalue weighted by Crippen LogP contribution is 2.44. The number of nitrogen functional groups attached to an aromatic ring is 2. The lowest BCUT2D eigenvalue weighted by Gasteiger charge is -2.33. The summed E-state index contributed by atoms with van der Waals surface area (Å²) in [7, 11) is 0. The number of H-pyrrole nitrogens is 1. The van der Waals surface area contributed by atoms with Gasteiger partial charge in [-0.2, -0.15) is 0 Å². The van der Waals surface area contributed by atoms with E-state index in [1.807, 2.05) is 12.1 Å². The second-order valence-electron chi connectivity index (χ2n) is 8.67. The predicted octanol–water partition coefficient (Wildman–Crippen LogP) is 6.46. The molecule has 0 unspecified atom stereocenters. The van der Waals surface area contributed by atoms with Gasteiger partial charge in [0.15, 0.2) is 0 Å². The molecule has 3 heteroatoms. The van der Waals surface area contributed by atoms with Gasteiger partial charge in [0.05, 0.1) is 5.52 Å². The number of fused-ring (bicyclic) bond motifs is 3. The van der Waals surface area contributed by atoms with E-state index in [0.717, 1.165) is 33.5 Å². The lowest BCUT2D eigenvalue weighted by atomic mass is 9.70. The fraction of sp³-hybridized carbons (Fsp3) is 0.143. The van der Waals surface area contributed by atoms with Crippen LogP contribution in [-0.4, -0.2) is 4.98 Å². The lowest BCUT2D eigenvalue weighted by Crippen LogP contribution is -2.26. The molecule has 0 spiro atoms. The van der Waals surface area contributed by atoms with Crippen molar-refractivity contribution in [2.24, 2.45) is 0 Å². The summed E-state index contributed by atoms with van der Waals surface area (Å²) in [5.74, 6) is 0. The number of hydrogen-bond donors (Lipinski definition) is 3. The van der Waals surface area contributed by atoms with Crippen molar-refractivity contribution in [1.82, 2.24) is 4.98 Å². The molecule has 4 aromatic carbocycles. The summed E-state index contributed by atoms with van der Waals surface area (Å²) in [6.07, 6.45) is 0. The molecule has 3 nitrogen and oxygen atoms in total. The minimum absolute atomic E-state index is 0.392. The molecule has 0 atom stereocenters. The van der Waals surface area contributed by atoms with Crippen LogP contribution in [0.25, 0.3) is 21.8 Å². The molecule has 31 heavy (non-hydrogen) atoms. The van der Waals surface area contributed by atoms with Crippen molar-refractivity contribution in [2.45, 2.75) is 26.2 Å². The molecule has 0 fully saturated rings. The minimum atomic E-state index is -0.392. The molecule has 5 aromatic rings. The van der Waals surface area contributed by atoms with Crippen molar-refractivity contribution in [3.63, 3.8) is 0 Å². The van der Waals surface area contributed by atoms with Gasteiger partial charge in [0.25, 0.3) is 0 Å². The Morgan fingerprint density at radius 2 is 1.26 bits per heavy atom. The van der Waals surface area contributed by atoms with Crippen LogP contribution in [0.5, 0.6) is 0 Å². The third kappa shape index (κ3) is 2.89. The first-order valence-electron chi connectivity index (χ1n) is 10.6. The molecular weight excluding hydrogens is 378 g/mol. The topological polar surface area (TPSA) is 67.8 Å². The van der Waals surface area contributed by atoms with E-state index in [0.29, 0.717) is 0 Å². The van der Waals surface area contributed by atoms with E-state index in [9.17, 15) is 0 Å². The zero-order chi connectivity index (χ0) is 21.8. The van der Waals surface area contributed by atoms with E-state index in [1.165, 1.54) is 27.5 Å². The Hall–Kier alpha value is -3.72. The number of hydrogen-bond acceptors (Lipinski definition) is 2. The average molecular weight is 406 g/mol. The fourth-order valence-corrected chi connectivity index (χ4v) is 4.74. The van der Waals surface area contributed by atoms with Crippen LogP contribution >= 0.6 is 0 Å². The van der Waals surface area contributed by atoms with Gasteiger partial charge in [0, 0.05) is 33.1 Å². The highest BCUT2D eigenvalue weighted by atomic mass is 14.7. The molecule has 0 bridgehead atoms. The zero-order valence-electron chi connectivity index (χ0n) is 18.2. The van der Waals surface area contributed by atoms with Crippen LogP contribution < -0.4 is 11.5 Å². The molecule has 0 aliphatic heterocycles. The normalized spacial score (nSPS) is 12.0. The first-order valence-corrected chi connectivity index (χ1v) is 10.6. The van der Waals surface area contributed by atoms with Crippen molar-refractivity contribution in [3.8, 4) is 0 Å². The maximum Gasteiger partial charge on any atom is 0.0509 e.